The standard InChI is InChI=1S/C17H18FNO3/c1-10-7-16(21-2)14(8-13(10)18)19-17(20)12-9-22-15-6-4-3-5-11(12)15/h3-6,9,13-14,16H,1,7-8H2,2H3,(H,19,20). The van der Waals surface area contributed by atoms with Gasteiger partial charge in [-0.25, -0.2) is 4.39 Å². The van der Waals surface area contributed by atoms with Gasteiger partial charge in [0.2, 0.25) is 0 Å². The van der Waals surface area contributed by atoms with Gasteiger partial charge in [0.1, 0.15) is 18.0 Å². The smallest absolute Gasteiger partial charge is 0.255 e. The summed E-state index contributed by atoms with van der Waals surface area (Å²) in [6.45, 7) is 3.72. The van der Waals surface area contributed by atoms with Crippen LogP contribution in [0.15, 0.2) is 47.1 Å². The molecule has 1 heterocycles. The van der Waals surface area contributed by atoms with Crippen LogP contribution in [-0.2, 0) is 4.74 Å². The molecule has 3 rings (SSSR count). The molecule has 1 N–H and O–H groups in total. The molecule has 0 radical (unpaired) electrons. The molecule has 3 unspecified atom stereocenters. The molecule has 1 aromatic carbocycles. The number of rotatable bonds is 3. The number of nitrogens with one attached hydrogen (secondary N) is 1. The lowest BCUT2D eigenvalue weighted by Crippen LogP contribution is -2.48. The quantitative estimate of drug-likeness (QED) is 0.886. The zero-order chi connectivity index (χ0) is 15.7. The molecule has 0 bridgehead atoms. The molecule has 1 amide bonds. The minimum Gasteiger partial charge on any atom is -0.463 e. The monoisotopic (exact) mass is 303 g/mol. The highest BCUT2D eigenvalue weighted by Gasteiger charge is 2.34. The molecule has 22 heavy (non-hydrogen) atoms. The highest BCUT2D eigenvalue weighted by atomic mass is 19.1. The Morgan fingerprint density at radius 1 is 1.45 bits per heavy atom. The molecular formula is C17H18FNO3. The van der Waals surface area contributed by atoms with Gasteiger partial charge in [-0.1, -0.05) is 24.8 Å². The van der Waals surface area contributed by atoms with E-state index in [4.69, 9.17) is 9.15 Å². The zero-order valence-electron chi connectivity index (χ0n) is 12.3. The molecule has 1 aliphatic carbocycles. The van der Waals surface area contributed by atoms with Gasteiger partial charge < -0.3 is 14.5 Å². The van der Waals surface area contributed by atoms with Gasteiger partial charge in [-0.3, -0.25) is 4.79 Å². The molecule has 2 aromatic rings. The number of hydrogen-bond acceptors (Lipinski definition) is 3. The molecule has 0 aliphatic heterocycles. The first kappa shape index (κ1) is 14.8. The lowest BCUT2D eigenvalue weighted by molar-refractivity contribution is 0.0385. The Bertz CT molecular complexity index is 709. The van der Waals surface area contributed by atoms with Gasteiger partial charge in [-0.05, 0) is 18.1 Å². The number of para-hydroxylation sites is 1. The van der Waals surface area contributed by atoms with E-state index >= 15 is 0 Å². The molecule has 0 spiro atoms. The molecule has 3 atom stereocenters. The predicted molar refractivity (Wildman–Crippen MR) is 81.5 cm³/mol. The largest absolute Gasteiger partial charge is 0.463 e. The molecule has 1 saturated carbocycles. The van der Waals surface area contributed by atoms with Gasteiger partial charge in [0, 0.05) is 18.9 Å². The molecule has 1 aliphatic rings. The minimum absolute atomic E-state index is 0.179. The van der Waals surface area contributed by atoms with Gasteiger partial charge in [0.05, 0.1) is 17.7 Å². The van der Waals surface area contributed by atoms with Crippen molar-refractivity contribution in [3.63, 3.8) is 0 Å². The second-order valence-corrected chi connectivity index (χ2v) is 5.57. The predicted octanol–water partition coefficient (Wildman–Crippen LogP) is 3.23. The summed E-state index contributed by atoms with van der Waals surface area (Å²) in [5.41, 5.74) is 1.62. The zero-order valence-corrected chi connectivity index (χ0v) is 12.3. The van der Waals surface area contributed by atoms with Crippen LogP contribution in [0.4, 0.5) is 4.39 Å². The first-order valence-electron chi connectivity index (χ1n) is 7.21. The Morgan fingerprint density at radius 2 is 2.23 bits per heavy atom. The minimum atomic E-state index is -1.11. The number of benzene rings is 1. The summed E-state index contributed by atoms with van der Waals surface area (Å²) >= 11 is 0. The van der Waals surface area contributed by atoms with Crippen LogP contribution in [0.25, 0.3) is 11.0 Å². The van der Waals surface area contributed by atoms with Gasteiger partial charge >= 0.3 is 0 Å². The molecule has 0 saturated heterocycles. The summed E-state index contributed by atoms with van der Waals surface area (Å²) < 4.78 is 24.6. The first-order valence-corrected chi connectivity index (χ1v) is 7.21. The average Bonchev–Trinajstić information content (AvgIpc) is 2.94. The summed E-state index contributed by atoms with van der Waals surface area (Å²) in [6, 6.07) is 6.92. The van der Waals surface area contributed by atoms with Gasteiger partial charge in [-0.15, -0.1) is 0 Å². The van der Waals surface area contributed by atoms with Crippen molar-refractivity contribution in [3.05, 3.63) is 48.2 Å². The van der Waals surface area contributed by atoms with Crippen LogP contribution in [0.2, 0.25) is 0 Å². The SMILES string of the molecule is C=C1CC(OC)C(NC(=O)c2coc3ccccc23)CC1F. The van der Waals surface area contributed by atoms with E-state index in [1.807, 2.05) is 18.2 Å². The van der Waals surface area contributed by atoms with Crippen molar-refractivity contribution in [2.24, 2.45) is 0 Å². The number of carbonyl (C=O) groups is 1. The maximum Gasteiger partial charge on any atom is 0.255 e. The maximum absolute atomic E-state index is 13.9. The van der Waals surface area contributed by atoms with Gasteiger partial charge in [0.15, 0.2) is 0 Å². The lowest BCUT2D eigenvalue weighted by Gasteiger charge is -2.34. The van der Waals surface area contributed by atoms with Crippen molar-refractivity contribution >= 4 is 16.9 Å². The van der Waals surface area contributed by atoms with Crippen LogP contribution in [0.5, 0.6) is 0 Å². The number of hydrogen-bond donors (Lipinski definition) is 1. The van der Waals surface area contributed by atoms with Crippen molar-refractivity contribution in [3.8, 4) is 0 Å². The Balaban J connectivity index is 1.79. The first-order chi connectivity index (χ1) is 10.6. The van der Waals surface area contributed by atoms with Crippen LogP contribution >= 0.6 is 0 Å². The fourth-order valence-corrected chi connectivity index (χ4v) is 2.87. The normalized spacial score (nSPS) is 25.4. The Hall–Kier alpha value is -2.14. The van der Waals surface area contributed by atoms with Crippen molar-refractivity contribution in [2.75, 3.05) is 7.11 Å². The molecule has 5 heteroatoms. The van der Waals surface area contributed by atoms with Crippen molar-refractivity contribution < 1.29 is 18.3 Å². The van der Waals surface area contributed by atoms with E-state index in [9.17, 15) is 9.18 Å². The summed E-state index contributed by atoms with van der Waals surface area (Å²) in [5, 5.41) is 3.60. The van der Waals surface area contributed by atoms with Crippen molar-refractivity contribution in [1.82, 2.24) is 5.32 Å². The Labute approximate surface area is 127 Å². The van der Waals surface area contributed by atoms with E-state index < -0.39 is 6.17 Å². The number of furan rings is 1. The number of ether oxygens (including phenoxy) is 1. The van der Waals surface area contributed by atoms with Gasteiger partial charge in [-0.2, -0.15) is 0 Å². The summed E-state index contributed by atoms with van der Waals surface area (Å²) in [4.78, 5) is 12.5. The third-order valence-corrected chi connectivity index (χ3v) is 4.16. The number of amides is 1. The molecular weight excluding hydrogens is 285 g/mol. The maximum atomic E-state index is 13.9. The van der Waals surface area contributed by atoms with Gasteiger partial charge in [0.25, 0.3) is 5.91 Å². The van der Waals surface area contributed by atoms with E-state index in [1.54, 1.807) is 13.2 Å². The van der Waals surface area contributed by atoms with Crippen LogP contribution < -0.4 is 5.32 Å². The van der Waals surface area contributed by atoms with E-state index in [1.165, 1.54) is 6.26 Å². The summed E-state index contributed by atoms with van der Waals surface area (Å²) in [5.74, 6) is -0.281. The fourth-order valence-electron chi connectivity index (χ4n) is 2.87. The third kappa shape index (κ3) is 2.64. The summed E-state index contributed by atoms with van der Waals surface area (Å²) in [6.07, 6.45) is 0.642. The number of carbonyl (C=O) groups excluding carboxylic acids is 1. The molecule has 1 aromatic heterocycles. The highest BCUT2D eigenvalue weighted by Crippen LogP contribution is 2.28. The Kier molecular flexibility index (Phi) is 3.98. The molecule has 1 fully saturated rings. The topological polar surface area (TPSA) is 51.5 Å². The average molecular weight is 303 g/mol. The number of alkyl halides is 1. The fraction of sp³-hybridized carbons (Fsp3) is 0.353. The van der Waals surface area contributed by atoms with E-state index in [0.29, 0.717) is 23.1 Å². The molecule has 116 valence electrons. The summed E-state index contributed by atoms with van der Waals surface area (Å²) in [7, 11) is 1.56. The van der Waals surface area contributed by atoms with E-state index in [2.05, 4.69) is 11.9 Å². The second kappa shape index (κ2) is 5.93. The van der Waals surface area contributed by atoms with Crippen LogP contribution in [-0.4, -0.2) is 31.3 Å². The van der Waals surface area contributed by atoms with Crippen molar-refractivity contribution in [2.45, 2.75) is 31.2 Å². The second-order valence-electron chi connectivity index (χ2n) is 5.57. The van der Waals surface area contributed by atoms with Crippen LogP contribution in [0, 0.1) is 0 Å². The lowest BCUT2D eigenvalue weighted by atomic mass is 9.87. The number of fused-ring (bicyclic) bond motifs is 1. The van der Waals surface area contributed by atoms with Crippen LogP contribution in [0.3, 0.4) is 0 Å². The van der Waals surface area contributed by atoms with Crippen molar-refractivity contribution in [1.29, 1.82) is 0 Å². The van der Waals surface area contributed by atoms with E-state index in [-0.39, 0.29) is 24.5 Å². The number of halogens is 1. The highest BCUT2D eigenvalue weighted by molar-refractivity contribution is 6.06. The third-order valence-electron chi connectivity index (χ3n) is 4.16. The van der Waals surface area contributed by atoms with Crippen LogP contribution in [0.1, 0.15) is 23.2 Å². The molecule has 4 nitrogen and oxygen atoms in total. The number of methoxy groups -OCH3 is 1. The van der Waals surface area contributed by atoms with E-state index in [0.717, 1.165) is 5.39 Å². The Morgan fingerprint density at radius 3 is 3.00 bits per heavy atom.